The number of benzene rings is 1. The molecule has 0 aliphatic heterocycles. The first kappa shape index (κ1) is 13.9. The zero-order chi connectivity index (χ0) is 14.0. The molecule has 0 spiro atoms. The number of halogens is 2. The first-order valence-corrected chi connectivity index (χ1v) is 6.43. The van der Waals surface area contributed by atoms with Crippen molar-refractivity contribution in [1.29, 1.82) is 0 Å². The SMILES string of the molecule is NC(=S)C1(C(=O)Nc2c(F)cccc2F)CCCC1. The minimum absolute atomic E-state index is 0.0826. The van der Waals surface area contributed by atoms with E-state index in [-0.39, 0.29) is 4.99 Å². The van der Waals surface area contributed by atoms with Crippen molar-refractivity contribution in [3.63, 3.8) is 0 Å². The summed E-state index contributed by atoms with van der Waals surface area (Å²) in [5.74, 6) is -2.16. The third-order valence-corrected chi connectivity index (χ3v) is 3.96. The number of hydrogen-bond donors (Lipinski definition) is 2. The molecule has 0 unspecified atom stereocenters. The Morgan fingerprint density at radius 1 is 1.26 bits per heavy atom. The molecule has 0 saturated heterocycles. The Kier molecular flexibility index (Phi) is 3.80. The molecular weight excluding hydrogens is 270 g/mol. The van der Waals surface area contributed by atoms with Crippen molar-refractivity contribution >= 4 is 28.8 Å². The number of anilines is 1. The van der Waals surface area contributed by atoms with Crippen LogP contribution in [0.25, 0.3) is 0 Å². The van der Waals surface area contributed by atoms with Gasteiger partial charge in [0, 0.05) is 0 Å². The van der Waals surface area contributed by atoms with Gasteiger partial charge in [-0.25, -0.2) is 8.78 Å². The maximum absolute atomic E-state index is 13.5. The number of amides is 1. The van der Waals surface area contributed by atoms with Crippen LogP contribution in [0.4, 0.5) is 14.5 Å². The lowest BCUT2D eigenvalue weighted by atomic mass is 9.85. The van der Waals surface area contributed by atoms with E-state index < -0.39 is 28.6 Å². The van der Waals surface area contributed by atoms with Crippen LogP contribution in [0.2, 0.25) is 0 Å². The summed E-state index contributed by atoms with van der Waals surface area (Å²) in [4.78, 5) is 12.4. The van der Waals surface area contributed by atoms with Crippen LogP contribution < -0.4 is 11.1 Å². The Hall–Kier alpha value is -1.56. The van der Waals surface area contributed by atoms with Gasteiger partial charge >= 0.3 is 0 Å². The fourth-order valence-electron chi connectivity index (χ4n) is 2.41. The Balaban J connectivity index is 2.28. The molecule has 2 rings (SSSR count). The van der Waals surface area contributed by atoms with Crippen LogP contribution in [0.1, 0.15) is 25.7 Å². The summed E-state index contributed by atoms with van der Waals surface area (Å²) >= 11 is 4.96. The molecule has 6 heteroatoms. The summed E-state index contributed by atoms with van der Waals surface area (Å²) in [5.41, 5.74) is 4.22. The minimum atomic E-state index is -0.982. The van der Waals surface area contributed by atoms with E-state index in [9.17, 15) is 13.6 Å². The van der Waals surface area contributed by atoms with Crippen molar-refractivity contribution in [2.75, 3.05) is 5.32 Å². The summed E-state index contributed by atoms with van der Waals surface area (Å²) in [6.07, 6.45) is 2.68. The van der Waals surface area contributed by atoms with Crippen molar-refractivity contribution in [2.45, 2.75) is 25.7 Å². The van der Waals surface area contributed by atoms with Gasteiger partial charge in [0.15, 0.2) is 0 Å². The van der Waals surface area contributed by atoms with Gasteiger partial charge in [-0.2, -0.15) is 0 Å². The van der Waals surface area contributed by atoms with Crippen LogP contribution in [-0.2, 0) is 4.79 Å². The Labute approximate surface area is 115 Å². The number of carbonyl (C=O) groups excluding carboxylic acids is 1. The number of nitrogens with one attached hydrogen (secondary N) is 1. The zero-order valence-corrected chi connectivity index (χ0v) is 11.0. The van der Waals surface area contributed by atoms with E-state index in [1.54, 1.807) is 0 Å². The average Bonchev–Trinajstić information content (AvgIpc) is 2.84. The van der Waals surface area contributed by atoms with E-state index in [4.69, 9.17) is 18.0 Å². The van der Waals surface area contributed by atoms with Crippen LogP contribution in [0.15, 0.2) is 18.2 Å². The van der Waals surface area contributed by atoms with E-state index in [1.165, 1.54) is 6.07 Å². The normalized spacial score (nSPS) is 17.2. The second-order valence-electron chi connectivity index (χ2n) is 4.70. The lowest BCUT2D eigenvalue weighted by Gasteiger charge is -2.26. The standard InChI is InChI=1S/C13H14F2N2OS/c14-8-4-3-5-9(15)10(8)17-12(18)13(11(16)19)6-1-2-7-13/h3-5H,1-2,6-7H2,(H2,16,19)(H,17,18). The van der Waals surface area contributed by atoms with Crippen molar-refractivity contribution < 1.29 is 13.6 Å². The molecule has 1 aromatic carbocycles. The highest BCUT2D eigenvalue weighted by Gasteiger charge is 2.44. The molecule has 1 aromatic rings. The summed E-state index contributed by atoms with van der Waals surface area (Å²) in [7, 11) is 0. The molecule has 1 fully saturated rings. The molecule has 0 aromatic heterocycles. The number of nitrogens with two attached hydrogens (primary N) is 1. The van der Waals surface area contributed by atoms with Crippen LogP contribution in [0.3, 0.4) is 0 Å². The Morgan fingerprint density at radius 3 is 2.26 bits per heavy atom. The minimum Gasteiger partial charge on any atom is -0.392 e. The van der Waals surface area contributed by atoms with Crippen molar-refractivity contribution in [3.8, 4) is 0 Å². The van der Waals surface area contributed by atoms with Gasteiger partial charge in [-0.3, -0.25) is 4.79 Å². The molecule has 0 heterocycles. The zero-order valence-electron chi connectivity index (χ0n) is 10.2. The molecule has 0 atom stereocenters. The van der Waals surface area contributed by atoms with Crippen LogP contribution in [0, 0.1) is 17.0 Å². The van der Waals surface area contributed by atoms with Gasteiger partial charge in [0.2, 0.25) is 5.91 Å². The van der Waals surface area contributed by atoms with E-state index in [1.807, 2.05) is 0 Å². The summed E-state index contributed by atoms with van der Waals surface area (Å²) in [5, 5.41) is 2.29. The molecule has 1 saturated carbocycles. The Bertz CT molecular complexity index is 507. The molecule has 0 bridgehead atoms. The van der Waals surface area contributed by atoms with Crippen molar-refractivity contribution in [3.05, 3.63) is 29.8 Å². The van der Waals surface area contributed by atoms with E-state index in [2.05, 4.69) is 5.32 Å². The first-order valence-electron chi connectivity index (χ1n) is 6.03. The largest absolute Gasteiger partial charge is 0.392 e. The third kappa shape index (κ3) is 2.45. The van der Waals surface area contributed by atoms with Crippen molar-refractivity contribution in [2.24, 2.45) is 11.1 Å². The van der Waals surface area contributed by atoms with Gasteiger partial charge < -0.3 is 11.1 Å². The van der Waals surface area contributed by atoms with Gasteiger partial charge in [0.05, 0.1) is 10.4 Å². The van der Waals surface area contributed by atoms with Crippen molar-refractivity contribution in [1.82, 2.24) is 0 Å². The highest BCUT2D eigenvalue weighted by Crippen LogP contribution is 2.39. The third-order valence-electron chi connectivity index (χ3n) is 3.56. The van der Waals surface area contributed by atoms with Gasteiger partial charge in [0.1, 0.15) is 17.3 Å². The molecule has 102 valence electrons. The number of rotatable bonds is 3. The molecule has 1 aliphatic carbocycles. The van der Waals surface area contributed by atoms with Crippen LogP contribution in [-0.4, -0.2) is 10.9 Å². The fraction of sp³-hybridized carbons (Fsp3) is 0.385. The molecule has 19 heavy (non-hydrogen) atoms. The van der Waals surface area contributed by atoms with Crippen LogP contribution in [0.5, 0.6) is 0 Å². The highest BCUT2D eigenvalue weighted by atomic mass is 32.1. The number of thiocarbonyl (C=S) groups is 1. The predicted octanol–water partition coefficient (Wildman–Crippen LogP) is 2.75. The topological polar surface area (TPSA) is 55.1 Å². The molecule has 1 aliphatic rings. The second-order valence-corrected chi connectivity index (χ2v) is 5.14. The monoisotopic (exact) mass is 284 g/mol. The highest BCUT2D eigenvalue weighted by molar-refractivity contribution is 7.80. The quantitative estimate of drug-likeness (QED) is 0.839. The Morgan fingerprint density at radius 2 is 1.79 bits per heavy atom. The summed E-state index contributed by atoms with van der Waals surface area (Å²) < 4.78 is 27.0. The predicted molar refractivity (Wildman–Crippen MR) is 72.7 cm³/mol. The lowest BCUT2D eigenvalue weighted by Crippen LogP contribution is -2.44. The van der Waals surface area contributed by atoms with Gasteiger partial charge in [-0.1, -0.05) is 31.1 Å². The second kappa shape index (κ2) is 5.21. The van der Waals surface area contributed by atoms with E-state index >= 15 is 0 Å². The summed E-state index contributed by atoms with van der Waals surface area (Å²) in [6.45, 7) is 0. The molecule has 1 amide bonds. The van der Waals surface area contributed by atoms with Gasteiger partial charge in [-0.15, -0.1) is 0 Å². The number of carbonyl (C=O) groups is 1. The first-order chi connectivity index (χ1) is 8.97. The number of hydrogen-bond acceptors (Lipinski definition) is 2. The molecular formula is C13H14F2N2OS. The van der Waals surface area contributed by atoms with Gasteiger partial charge in [-0.05, 0) is 25.0 Å². The average molecular weight is 284 g/mol. The van der Waals surface area contributed by atoms with E-state index in [0.717, 1.165) is 25.0 Å². The summed E-state index contributed by atoms with van der Waals surface area (Å²) in [6, 6.07) is 3.40. The molecule has 3 nitrogen and oxygen atoms in total. The van der Waals surface area contributed by atoms with E-state index in [0.29, 0.717) is 12.8 Å². The fourth-order valence-corrected chi connectivity index (χ4v) is 2.71. The lowest BCUT2D eigenvalue weighted by molar-refractivity contribution is -0.122. The molecule has 3 N–H and O–H groups in total. The maximum Gasteiger partial charge on any atom is 0.237 e. The smallest absolute Gasteiger partial charge is 0.237 e. The maximum atomic E-state index is 13.5. The molecule has 0 radical (unpaired) electrons. The van der Waals surface area contributed by atoms with Gasteiger partial charge in [0.25, 0.3) is 0 Å². The number of para-hydroxylation sites is 1. The van der Waals surface area contributed by atoms with Crippen LogP contribution >= 0.6 is 12.2 Å².